The lowest BCUT2D eigenvalue weighted by Gasteiger charge is -2.07. The highest BCUT2D eigenvalue weighted by atomic mass is 16.4. The molecular weight excluding hydrogens is 260 g/mol. The van der Waals surface area contributed by atoms with E-state index in [2.05, 4.69) is 10.1 Å². The van der Waals surface area contributed by atoms with Crippen LogP contribution in [0.1, 0.15) is 11.3 Å². The third-order valence-corrected chi connectivity index (χ3v) is 3.26. The Morgan fingerprint density at radius 3 is 2.14 bits per heavy atom. The lowest BCUT2D eigenvalue weighted by Crippen LogP contribution is -2.05. The van der Waals surface area contributed by atoms with Crippen LogP contribution >= 0.6 is 0 Å². The van der Waals surface area contributed by atoms with Gasteiger partial charge in [-0.1, -0.05) is 65.8 Å². The van der Waals surface area contributed by atoms with Crippen molar-refractivity contribution in [3.8, 4) is 11.1 Å². The van der Waals surface area contributed by atoms with E-state index in [0.717, 1.165) is 16.7 Å². The number of rotatable bonds is 3. The summed E-state index contributed by atoms with van der Waals surface area (Å²) in [6.45, 7) is 0. The molecule has 0 saturated carbocycles. The number of aromatic nitrogens is 1. The van der Waals surface area contributed by atoms with Crippen molar-refractivity contribution >= 4 is 5.71 Å². The van der Waals surface area contributed by atoms with Gasteiger partial charge < -0.3 is 5.21 Å². The van der Waals surface area contributed by atoms with E-state index in [1.807, 2.05) is 72.8 Å². The number of nitrogens with zero attached hydrogens (tertiary/aromatic N) is 2. The van der Waals surface area contributed by atoms with Crippen molar-refractivity contribution in [3.63, 3.8) is 0 Å². The maximum absolute atomic E-state index is 9.34. The molecule has 0 saturated heterocycles. The van der Waals surface area contributed by atoms with Gasteiger partial charge >= 0.3 is 0 Å². The Balaban J connectivity index is 2.04. The Morgan fingerprint density at radius 2 is 1.48 bits per heavy atom. The molecule has 1 aromatic heterocycles. The van der Waals surface area contributed by atoms with Crippen LogP contribution in [0.4, 0.5) is 0 Å². The van der Waals surface area contributed by atoms with Crippen molar-refractivity contribution in [2.75, 3.05) is 0 Å². The summed E-state index contributed by atoms with van der Waals surface area (Å²) in [6, 6.07) is 23.4. The van der Waals surface area contributed by atoms with Crippen molar-refractivity contribution in [3.05, 3.63) is 90.3 Å². The van der Waals surface area contributed by atoms with Crippen LogP contribution in [0, 0.1) is 0 Å². The van der Waals surface area contributed by atoms with Crippen LogP contribution in [-0.4, -0.2) is 15.9 Å². The minimum atomic E-state index is 0.466. The molecule has 102 valence electrons. The SMILES string of the molecule is ON=C(c1ccccc1)c1cc(-c2ccccc2)ccn1. The standard InChI is InChI=1S/C18H14N2O/c21-20-18(15-9-5-2-6-10-15)17-13-16(11-12-19-17)14-7-3-1-4-8-14/h1-13,21H. The molecule has 0 bridgehead atoms. The van der Waals surface area contributed by atoms with Crippen LogP contribution in [0.25, 0.3) is 11.1 Å². The molecule has 21 heavy (non-hydrogen) atoms. The van der Waals surface area contributed by atoms with Crippen molar-refractivity contribution in [2.45, 2.75) is 0 Å². The van der Waals surface area contributed by atoms with E-state index in [9.17, 15) is 5.21 Å². The third-order valence-electron chi connectivity index (χ3n) is 3.26. The molecule has 0 radical (unpaired) electrons. The molecule has 0 aliphatic carbocycles. The molecule has 0 aliphatic heterocycles. The Kier molecular flexibility index (Phi) is 3.74. The average Bonchev–Trinajstić information content (AvgIpc) is 2.58. The van der Waals surface area contributed by atoms with Gasteiger partial charge in [0.15, 0.2) is 0 Å². The van der Waals surface area contributed by atoms with Crippen LogP contribution in [0.2, 0.25) is 0 Å². The summed E-state index contributed by atoms with van der Waals surface area (Å²) in [6.07, 6.45) is 1.73. The van der Waals surface area contributed by atoms with E-state index >= 15 is 0 Å². The van der Waals surface area contributed by atoms with E-state index < -0.39 is 0 Å². The quantitative estimate of drug-likeness (QED) is 0.446. The number of pyridine rings is 1. The van der Waals surface area contributed by atoms with Gasteiger partial charge in [0.05, 0.1) is 5.69 Å². The molecule has 3 nitrogen and oxygen atoms in total. The van der Waals surface area contributed by atoms with Gasteiger partial charge in [-0.2, -0.15) is 0 Å². The van der Waals surface area contributed by atoms with E-state index in [1.54, 1.807) is 6.20 Å². The van der Waals surface area contributed by atoms with Gasteiger partial charge in [-0.15, -0.1) is 0 Å². The van der Waals surface area contributed by atoms with Gasteiger partial charge in [0.25, 0.3) is 0 Å². The summed E-state index contributed by atoms with van der Waals surface area (Å²) in [5.41, 5.74) is 4.08. The fourth-order valence-electron chi connectivity index (χ4n) is 2.22. The lowest BCUT2D eigenvalue weighted by atomic mass is 10.0. The molecule has 3 heteroatoms. The smallest absolute Gasteiger partial charge is 0.135 e. The predicted molar refractivity (Wildman–Crippen MR) is 83.5 cm³/mol. The number of hydrogen-bond acceptors (Lipinski definition) is 3. The highest BCUT2D eigenvalue weighted by Gasteiger charge is 2.10. The Morgan fingerprint density at radius 1 is 0.810 bits per heavy atom. The molecule has 3 rings (SSSR count). The van der Waals surface area contributed by atoms with Crippen molar-refractivity contribution < 1.29 is 5.21 Å². The topological polar surface area (TPSA) is 45.5 Å². The first-order valence-corrected chi connectivity index (χ1v) is 6.68. The summed E-state index contributed by atoms with van der Waals surface area (Å²) in [7, 11) is 0. The van der Waals surface area contributed by atoms with Crippen LogP contribution in [0.3, 0.4) is 0 Å². The number of benzene rings is 2. The normalized spacial score (nSPS) is 11.3. The van der Waals surface area contributed by atoms with Crippen LogP contribution in [-0.2, 0) is 0 Å². The first-order valence-electron chi connectivity index (χ1n) is 6.68. The molecule has 0 unspecified atom stereocenters. The first-order chi connectivity index (χ1) is 10.4. The third kappa shape index (κ3) is 2.82. The van der Waals surface area contributed by atoms with Crippen molar-refractivity contribution in [1.29, 1.82) is 0 Å². The molecular formula is C18H14N2O. The highest BCUT2D eigenvalue weighted by Crippen LogP contribution is 2.20. The van der Waals surface area contributed by atoms with E-state index in [-0.39, 0.29) is 0 Å². The summed E-state index contributed by atoms with van der Waals surface area (Å²) in [5.74, 6) is 0. The van der Waals surface area contributed by atoms with Crippen molar-refractivity contribution in [2.24, 2.45) is 5.16 Å². The Labute approximate surface area is 123 Å². The molecule has 3 aromatic rings. The summed E-state index contributed by atoms with van der Waals surface area (Å²) in [4.78, 5) is 4.32. The minimum absolute atomic E-state index is 0.466. The zero-order valence-electron chi connectivity index (χ0n) is 11.3. The fourth-order valence-corrected chi connectivity index (χ4v) is 2.22. The second kappa shape index (κ2) is 6.01. The van der Waals surface area contributed by atoms with Crippen LogP contribution < -0.4 is 0 Å². The number of oxime groups is 1. The molecule has 0 spiro atoms. The van der Waals surface area contributed by atoms with Crippen LogP contribution in [0.15, 0.2) is 84.1 Å². The molecule has 0 aliphatic rings. The highest BCUT2D eigenvalue weighted by molar-refractivity contribution is 6.11. The summed E-state index contributed by atoms with van der Waals surface area (Å²) in [5, 5.41) is 12.8. The summed E-state index contributed by atoms with van der Waals surface area (Å²) >= 11 is 0. The second-order valence-corrected chi connectivity index (χ2v) is 4.61. The Hall–Kier alpha value is -2.94. The van der Waals surface area contributed by atoms with Gasteiger partial charge in [-0.3, -0.25) is 4.98 Å². The maximum atomic E-state index is 9.34. The zero-order chi connectivity index (χ0) is 14.5. The molecule has 0 amide bonds. The van der Waals surface area contributed by atoms with Gasteiger partial charge in [-0.05, 0) is 23.3 Å². The van der Waals surface area contributed by atoms with Crippen molar-refractivity contribution in [1.82, 2.24) is 4.98 Å². The van der Waals surface area contributed by atoms with Gasteiger partial charge in [-0.25, -0.2) is 0 Å². The van der Waals surface area contributed by atoms with E-state index in [1.165, 1.54) is 0 Å². The monoisotopic (exact) mass is 274 g/mol. The number of hydrogen-bond donors (Lipinski definition) is 1. The predicted octanol–water partition coefficient (Wildman–Crippen LogP) is 3.98. The first kappa shape index (κ1) is 13.1. The fraction of sp³-hybridized carbons (Fsp3) is 0. The largest absolute Gasteiger partial charge is 0.410 e. The van der Waals surface area contributed by atoms with Gasteiger partial charge in [0, 0.05) is 11.8 Å². The molecule has 1 heterocycles. The lowest BCUT2D eigenvalue weighted by molar-refractivity contribution is 0.319. The van der Waals surface area contributed by atoms with Gasteiger partial charge in [0.1, 0.15) is 5.71 Å². The molecule has 0 atom stereocenters. The summed E-state index contributed by atoms with van der Waals surface area (Å²) < 4.78 is 0. The minimum Gasteiger partial charge on any atom is -0.410 e. The van der Waals surface area contributed by atoms with E-state index in [0.29, 0.717) is 11.4 Å². The maximum Gasteiger partial charge on any atom is 0.135 e. The Bertz CT molecular complexity index is 752. The second-order valence-electron chi connectivity index (χ2n) is 4.61. The van der Waals surface area contributed by atoms with Crippen LogP contribution in [0.5, 0.6) is 0 Å². The molecule has 2 aromatic carbocycles. The zero-order valence-corrected chi connectivity index (χ0v) is 11.3. The molecule has 1 N–H and O–H groups in total. The van der Waals surface area contributed by atoms with E-state index in [4.69, 9.17) is 0 Å². The van der Waals surface area contributed by atoms with Gasteiger partial charge in [0.2, 0.25) is 0 Å². The average molecular weight is 274 g/mol. The molecule has 0 fully saturated rings.